The first-order valence-electron chi connectivity index (χ1n) is 13.0. The van der Waals surface area contributed by atoms with E-state index in [1.54, 1.807) is 13.0 Å². The molecule has 2 aromatic carbocycles. The predicted octanol–water partition coefficient (Wildman–Crippen LogP) is 8.24. The van der Waals surface area contributed by atoms with E-state index in [-0.39, 0.29) is 23.3 Å². The van der Waals surface area contributed by atoms with Crippen molar-refractivity contribution in [2.45, 2.75) is 97.3 Å². The van der Waals surface area contributed by atoms with Crippen molar-refractivity contribution < 1.29 is 14.0 Å². The molecule has 2 aliphatic carbocycles. The molecule has 2 aromatic rings. The van der Waals surface area contributed by atoms with Crippen LogP contribution in [0.25, 0.3) is 11.1 Å². The minimum Gasteiger partial charge on any atom is -0.295 e. The van der Waals surface area contributed by atoms with Gasteiger partial charge in [-0.2, -0.15) is 0 Å². The molecule has 0 spiro atoms. The van der Waals surface area contributed by atoms with Gasteiger partial charge in [-0.3, -0.25) is 9.59 Å². The van der Waals surface area contributed by atoms with E-state index in [9.17, 15) is 9.59 Å². The Kier molecular flexibility index (Phi) is 7.46. The fourth-order valence-electron chi connectivity index (χ4n) is 6.35. The second-order valence-corrected chi connectivity index (χ2v) is 10.1. The molecule has 0 fully saturated rings. The van der Waals surface area contributed by atoms with E-state index in [0.717, 1.165) is 59.4 Å². The van der Waals surface area contributed by atoms with Crippen LogP contribution in [0.15, 0.2) is 24.3 Å². The monoisotopic (exact) mass is 448 g/mol. The number of ketones is 2. The first kappa shape index (κ1) is 23.9. The molecule has 1 atom stereocenters. The van der Waals surface area contributed by atoms with Gasteiger partial charge in [0.2, 0.25) is 0 Å². The van der Waals surface area contributed by atoms with Crippen LogP contribution in [0.5, 0.6) is 0 Å². The highest BCUT2D eigenvalue weighted by Crippen LogP contribution is 2.47. The van der Waals surface area contributed by atoms with E-state index in [1.807, 2.05) is 12.1 Å². The quantitative estimate of drug-likeness (QED) is 0.362. The second-order valence-electron chi connectivity index (χ2n) is 10.1. The maximum absolute atomic E-state index is 15.6. The summed E-state index contributed by atoms with van der Waals surface area (Å²) in [6.45, 7) is 6.10. The topological polar surface area (TPSA) is 34.1 Å². The Labute approximate surface area is 198 Å². The molecule has 2 aliphatic rings. The van der Waals surface area contributed by atoms with Crippen LogP contribution in [0.1, 0.15) is 122 Å². The smallest absolute Gasteiger partial charge is 0.163 e. The van der Waals surface area contributed by atoms with Gasteiger partial charge in [0.05, 0.1) is 0 Å². The summed E-state index contributed by atoms with van der Waals surface area (Å²) in [4.78, 5) is 25.1. The van der Waals surface area contributed by atoms with E-state index in [0.29, 0.717) is 24.0 Å². The van der Waals surface area contributed by atoms with E-state index in [2.05, 4.69) is 13.8 Å². The van der Waals surface area contributed by atoms with Crippen molar-refractivity contribution in [3.8, 4) is 11.1 Å². The Morgan fingerprint density at radius 2 is 1.76 bits per heavy atom. The number of fused-ring (bicyclic) bond motifs is 5. The predicted molar refractivity (Wildman–Crippen MR) is 133 cm³/mol. The van der Waals surface area contributed by atoms with Gasteiger partial charge >= 0.3 is 0 Å². The molecule has 33 heavy (non-hydrogen) atoms. The van der Waals surface area contributed by atoms with Crippen LogP contribution < -0.4 is 0 Å². The summed E-state index contributed by atoms with van der Waals surface area (Å²) in [7, 11) is 0. The zero-order chi connectivity index (χ0) is 23.5. The van der Waals surface area contributed by atoms with Gasteiger partial charge in [-0.1, -0.05) is 64.5 Å². The lowest BCUT2D eigenvalue weighted by molar-refractivity contribution is 0.0991. The van der Waals surface area contributed by atoms with Crippen molar-refractivity contribution in [2.24, 2.45) is 5.92 Å². The number of rotatable bonds is 9. The number of carbonyl (C=O) groups is 2. The highest BCUT2D eigenvalue weighted by molar-refractivity contribution is 6.04. The number of aryl methyl sites for hydroxylation is 1. The van der Waals surface area contributed by atoms with Crippen LogP contribution in [-0.2, 0) is 12.8 Å². The number of hydrogen-bond donors (Lipinski definition) is 0. The molecule has 4 rings (SSSR count). The third-order valence-electron chi connectivity index (χ3n) is 7.85. The first-order chi connectivity index (χ1) is 16.0. The number of benzene rings is 2. The second kappa shape index (κ2) is 10.3. The fourth-order valence-corrected chi connectivity index (χ4v) is 6.35. The highest BCUT2D eigenvalue weighted by Gasteiger charge is 2.33. The number of halogens is 1. The van der Waals surface area contributed by atoms with Gasteiger partial charge in [0.1, 0.15) is 5.82 Å². The largest absolute Gasteiger partial charge is 0.295 e. The lowest BCUT2D eigenvalue weighted by atomic mass is 9.81. The third-order valence-corrected chi connectivity index (χ3v) is 7.85. The molecule has 0 radical (unpaired) electrons. The van der Waals surface area contributed by atoms with Crippen LogP contribution in [0.4, 0.5) is 4.39 Å². The van der Waals surface area contributed by atoms with Crippen molar-refractivity contribution in [1.82, 2.24) is 0 Å². The van der Waals surface area contributed by atoms with Crippen LogP contribution in [0, 0.1) is 11.7 Å². The molecule has 1 unspecified atom stereocenters. The summed E-state index contributed by atoms with van der Waals surface area (Å²) in [6.07, 6.45) is 11.2. The van der Waals surface area contributed by atoms with Gasteiger partial charge in [0.25, 0.3) is 0 Å². The van der Waals surface area contributed by atoms with Gasteiger partial charge < -0.3 is 0 Å². The zero-order valence-corrected chi connectivity index (χ0v) is 20.4. The maximum atomic E-state index is 15.6. The van der Waals surface area contributed by atoms with Crippen LogP contribution in [-0.4, -0.2) is 11.6 Å². The summed E-state index contributed by atoms with van der Waals surface area (Å²) in [5.74, 6) is 0.815. The van der Waals surface area contributed by atoms with Crippen molar-refractivity contribution >= 4 is 11.6 Å². The number of Topliss-reactive ketones (excluding diaryl/α,β-unsaturated/α-hetero) is 2. The third kappa shape index (κ3) is 4.69. The molecule has 0 aliphatic heterocycles. The lowest BCUT2D eigenvalue weighted by Gasteiger charge is -2.23. The Bertz CT molecular complexity index is 1050. The van der Waals surface area contributed by atoms with Crippen molar-refractivity contribution in [3.05, 3.63) is 57.9 Å². The summed E-state index contributed by atoms with van der Waals surface area (Å²) in [5.41, 5.74) is 5.93. The molecule has 0 saturated carbocycles. The first-order valence-corrected chi connectivity index (χ1v) is 13.0. The Balaban J connectivity index is 1.76. The Hall–Kier alpha value is -2.29. The molecule has 0 heterocycles. The standard InChI is InChI=1S/C30H37FO2/c1-4-7-20(8-5-2)9-6-10-21-11-12-22-13-14-24-25(16-18-27(24)33)29(22)30-26(31)17-15-23(19(3)32)28(21)30/h13-15,17,20-21H,4-12,16,18H2,1-3H3. The van der Waals surface area contributed by atoms with E-state index >= 15 is 4.39 Å². The molecule has 176 valence electrons. The van der Waals surface area contributed by atoms with E-state index < -0.39 is 0 Å². The summed E-state index contributed by atoms with van der Waals surface area (Å²) < 4.78 is 15.6. The van der Waals surface area contributed by atoms with Crippen LogP contribution >= 0.6 is 0 Å². The Morgan fingerprint density at radius 1 is 1.00 bits per heavy atom. The SMILES string of the molecule is CCCC(CCC)CCCC1CCc2ccc3c(c2-c2c(F)ccc(C(C)=O)c21)CCC3=O. The highest BCUT2D eigenvalue weighted by atomic mass is 19.1. The normalized spacial score (nSPS) is 17.0. The van der Waals surface area contributed by atoms with Gasteiger partial charge in [-0.25, -0.2) is 4.39 Å². The molecule has 0 saturated heterocycles. The van der Waals surface area contributed by atoms with E-state index in [4.69, 9.17) is 0 Å². The van der Waals surface area contributed by atoms with Crippen molar-refractivity contribution in [1.29, 1.82) is 0 Å². The van der Waals surface area contributed by atoms with Gasteiger partial charge in [-0.05, 0) is 78.8 Å². The molecular formula is C30H37FO2. The summed E-state index contributed by atoms with van der Waals surface area (Å²) in [6, 6.07) is 7.11. The number of hydrogen-bond acceptors (Lipinski definition) is 2. The molecule has 0 aromatic heterocycles. The minimum atomic E-state index is -0.259. The average molecular weight is 449 g/mol. The molecular weight excluding hydrogens is 411 g/mol. The Morgan fingerprint density at radius 3 is 2.45 bits per heavy atom. The molecule has 0 N–H and O–H groups in total. The molecule has 0 amide bonds. The van der Waals surface area contributed by atoms with Crippen LogP contribution in [0.2, 0.25) is 0 Å². The summed E-state index contributed by atoms with van der Waals surface area (Å²) in [5, 5.41) is 0. The molecule has 0 bridgehead atoms. The van der Waals surface area contributed by atoms with Gasteiger partial charge in [-0.15, -0.1) is 0 Å². The van der Waals surface area contributed by atoms with Gasteiger partial charge in [0.15, 0.2) is 11.6 Å². The summed E-state index contributed by atoms with van der Waals surface area (Å²) >= 11 is 0. The molecule has 2 nitrogen and oxygen atoms in total. The van der Waals surface area contributed by atoms with E-state index in [1.165, 1.54) is 38.2 Å². The van der Waals surface area contributed by atoms with Crippen LogP contribution in [0.3, 0.4) is 0 Å². The van der Waals surface area contributed by atoms with Crippen molar-refractivity contribution in [3.63, 3.8) is 0 Å². The lowest BCUT2D eigenvalue weighted by Crippen LogP contribution is -2.10. The minimum absolute atomic E-state index is 0.00167. The maximum Gasteiger partial charge on any atom is 0.163 e. The van der Waals surface area contributed by atoms with Crippen molar-refractivity contribution in [2.75, 3.05) is 0 Å². The fraction of sp³-hybridized carbons (Fsp3) is 0.533. The number of carbonyl (C=O) groups excluding carboxylic acids is 2. The average Bonchev–Trinajstić information content (AvgIpc) is 3.07. The van der Waals surface area contributed by atoms with Gasteiger partial charge in [0, 0.05) is 23.1 Å². The zero-order valence-electron chi connectivity index (χ0n) is 20.4. The molecule has 3 heteroatoms.